The molecule has 2 rings (SSSR count). The number of esters is 1. The van der Waals surface area contributed by atoms with Crippen molar-refractivity contribution < 1.29 is 14.3 Å². The van der Waals surface area contributed by atoms with Crippen molar-refractivity contribution in [1.82, 2.24) is 14.6 Å². The molecule has 6 heteroatoms. The maximum absolute atomic E-state index is 11.4. The third kappa shape index (κ3) is 2.15. The maximum Gasteiger partial charge on any atom is 0.358 e. The highest BCUT2D eigenvalue weighted by atomic mass is 16.5. The van der Waals surface area contributed by atoms with Gasteiger partial charge in [-0.05, 0) is 13.8 Å². The summed E-state index contributed by atoms with van der Waals surface area (Å²) in [5, 5.41) is 4.00. The lowest BCUT2D eigenvalue weighted by molar-refractivity contribution is 0.0519. The molecule has 0 aliphatic rings. The predicted molar refractivity (Wildman–Crippen MR) is 58.9 cm³/mol. The SMILES string of the molecule is CCOC(=O)c1cc2ncc(C(C)=O)cn2n1. The van der Waals surface area contributed by atoms with Crippen LogP contribution in [0.1, 0.15) is 34.7 Å². The Hall–Kier alpha value is -2.24. The van der Waals surface area contributed by atoms with Crippen molar-refractivity contribution in [3.05, 3.63) is 29.7 Å². The molecule has 0 fully saturated rings. The van der Waals surface area contributed by atoms with Crippen molar-refractivity contribution in [3.8, 4) is 0 Å². The monoisotopic (exact) mass is 233 g/mol. The van der Waals surface area contributed by atoms with Gasteiger partial charge in [0.25, 0.3) is 0 Å². The molecule has 0 N–H and O–H groups in total. The first kappa shape index (κ1) is 11.3. The summed E-state index contributed by atoms with van der Waals surface area (Å²) in [7, 11) is 0. The molecule has 0 bridgehead atoms. The largest absolute Gasteiger partial charge is 0.461 e. The van der Waals surface area contributed by atoms with Gasteiger partial charge < -0.3 is 4.74 Å². The van der Waals surface area contributed by atoms with Crippen molar-refractivity contribution in [2.24, 2.45) is 0 Å². The molecule has 17 heavy (non-hydrogen) atoms. The standard InChI is InChI=1S/C11H11N3O3/c1-3-17-11(16)9-4-10-12-5-8(7(2)15)6-14(10)13-9/h4-6H,3H2,1-2H3. The van der Waals surface area contributed by atoms with Gasteiger partial charge >= 0.3 is 5.97 Å². The van der Waals surface area contributed by atoms with E-state index in [0.29, 0.717) is 17.8 Å². The fourth-order valence-electron chi connectivity index (χ4n) is 1.36. The second kappa shape index (κ2) is 4.32. The number of aromatic nitrogens is 3. The van der Waals surface area contributed by atoms with Gasteiger partial charge in [0.15, 0.2) is 17.1 Å². The minimum absolute atomic E-state index is 0.104. The van der Waals surface area contributed by atoms with E-state index in [0.717, 1.165) is 0 Å². The second-order valence-electron chi connectivity index (χ2n) is 3.45. The molecule has 0 unspecified atom stereocenters. The van der Waals surface area contributed by atoms with Gasteiger partial charge in [-0.1, -0.05) is 0 Å². The Morgan fingerprint density at radius 2 is 2.24 bits per heavy atom. The molecule has 88 valence electrons. The van der Waals surface area contributed by atoms with Crippen LogP contribution in [0.2, 0.25) is 0 Å². The van der Waals surface area contributed by atoms with Crippen LogP contribution >= 0.6 is 0 Å². The summed E-state index contributed by atoms with van der Waals surface area (Å²) in [4.78, 5) is 26.6. The number of hydrogen-bond acceptors (Lipinski definition) is 5. The first-order valence-electron chi connectivity index (χ1n) is 5.15. The third-order valence-corrected chi connectivity index (χ3v) is 2.20. The van der Waals surface area contributed by atoms with Gasteiger partial charge in [0.1, 0.15) is 0 Å². The summed E-state index contributed by atoms with van der Waals surface area (Å²) in [5.41, 5.74) is 1.12. The number of ketones is 1. The third-order valence-electron chi connectivity index (χ3n) is 2.20. The van der Waals surface area contributed by atoms with Gasteiger partial charge in [-0.3, -0.25) is 4.79 Å². The normalized spacial score (nSPS) is 10.5. The topological polar surface area (TPSA) is 73.6 Å². The van der Waals surface area contributed by atoms with Crippen LogP contribution < -0.4 is 0 Å². The van der Waals surface area contributed by atoms with Crippen LogP contribution in [0.3, 0.4) is 0 Å². The maximum atomic E-state index is 11.4. The average molecular weight is 233 g/mol. The summed E-state index contributed by atoms with van der Waals surface area (Å²) in [5.74, 6) is -0.602. The number of carbonyl (C=O) groups is 2. The number of ether oxygens (including phenoxy) is 1. The summed E-state index contributed by atoms with van der Waals surface area (Å²) >= 11 is 0. The molecule has 0 amide bonds. The van der Waals surface area contributed by atoms with E-state index in [1.807, 2.05) is 0 Å². The molecule has 2 aromatic heterocycles. The van der Waals surface area contributed by atoms with Crippen molar-refractivity contribution >= 4 is 17.4 Å². The van der Waals surface area contributed by atoms with Crippen LogP contribution in [0.4, 0.5) is 0 Å². The van der Waals surface area contributed by atoms with E-state index in [4.69, 9.17) is 4.74 Å². The van der Waals surface area contributed by atoms with Crippen molar-refractivity contribution in [2.75, 3.05) is 6.61 Å². The van der Waals surface area contributed by atoms with Crippen LogP contribution in [-0.4, -0.2) is 33.0 Å². The smallest absolute Gasteiger partial charge is 0.358 e. The molecule has 0 atom stereocenters. The van der Waals surface area contributed by atoms with E-state index in [1.165, 1.54) is 29.9 Å². The molecule has 0 aromatic carbocycles. The van der Waals surface area contributed by atoms with Gasteiger partial charge in [0.05, 0.1) is 12.2 Å². The fraction of sp³-hybridized carbons (Fsp3) is 0.273. The van der Waals surface area contributed by atoms with Crippen LogP contribution in [0.5, 0.6) is 0 Å². The van der Waals surface area contributed by atoms with Crippen molar-refractivity contribution in [3.63, 3.8) is 0 Å². The Labute approximate surface area is 97.2 Å². The Morgan fingerprint density at radius 3 is 2.88 bits per heavy atom. The van der Waals surface area contributed by atoms with Crippen molar-refractivity contribution in [1.29, 1.82) is 0 Å². The van der Waals surface area contributed by atoms with Gasteiger partial charge in [-0.25, -0.2) is 14.3 Å². The Bertz CT molecular complexity index is 589. The van der Waals surface area contributed by atoms with E-state index in [9.17, 15) is 9.59 Å². The zero-order valence-electron chi connectivity index (χ0n) is 9.51. The molecule has 0 spiro atoms. The van der Waals surface area contributed by atoms with Gasteiger partial charge in [0.2, 0.25) is 0 Å². The highest BCUT2D eigenvalue weighted by Gasteiger charge is 2.13. The molecule has 2 aromatic rings. The van der Waals surface area contributed by atoms with Crippen LogP contribution in [0.15, 0.2) is 18.5 Å². The van der Waals surface area contributed by atoms with Crippen LogP contribution in [0, 0.1) is 0 Å². The van der Waals surface area contributed by atoms with E-state index < -0.39 is 5.97 Å². The van der Waals surface area contributed by atoms with Crippen LogP contribution in [-0.2, 0) is 4.74 Å². The summed E-state index contributed by atoms with van der Waals surface area (Å²) in [6.45, 7) is 3.46. The number of nitrogens with zero attached hydrogens (tertiary/aromatic N) is 3. The molecular formula is C11H11N3O3. The molecular weight excluding hydrogens is 222 g/mol. The van der Waals surface area contributed by atoms with E-state index in [-0.39, 0.29) is 11.5 Å². The Morgan fingerprint density at radius 1 is 1.47 bits per heavy atom. The lowest BCUT2D eigenvalue weighted by Crippen LogP contribution is -2.05. The average Bonchev–Trinajstić information content (AvgIpc) is 2.71. The van der Waals surface area contributed by atoms with E-state index in [1.54, 1.807) is 6.92 Å². The minimum Gasteiger partial charge on any atom is -0.461 e. The van der Waals surface area contributed by atoms with Gasteiger partial charge in [-0.15, -0.1) is 0 Å². The molecule has 0 saturated carbocycles. The lowest BCUT2D eigenvalue weighted by atomic mass is 10.2. The molecule has 0 aliphatic carbocycles. The first-order chi connectivity index (χ1) is 8.11. The summed E-state index contributed by atoms with van der Waals surface area (Å²) in [6, 6.07) is 1.52. The van der Waals surface area contributed by atoms with Gasteiger partial charge in [-0.2, -0.15) is 5.10 Å². The number of carbonyl (C=O) groups excluding carboxylic acids is 2. The quantitative estimate of drug-likeness (QED) is 0.586. The van der Waals surface area contributed by atoms with Crippen LogP contribution in [0.25, 0.3) is 5.65 Å². The first-order valence-corrected chi connectivity index (χ1v) is 5.15. The number of rotatable bonds is 3. The fourth-order valence-corrected chi connectivity index (χ4v) is 1.36. The molecule has 0 radical (unpaired) electrons. The summed E-state index contributed by atoms with van der Waals surface area (Å²) in [6.07, 6.45) is 2.99. The molecule has 2 heterocycles. The number of Topliss-reactive ketones (excluding diaryl/α,β-unsaturated/α-hetero) is 1. The van der Waals surface area contributed by atoms with E-state index >= 15 is 0 Å². The predicted octanol–water partition coefficient (Wildman–Crippen LogP) is 1.11. The number of fused-ring (bicyclic) bond motifs is 1. The highest BCUT2D eigenvalue weighted by molar-refractivity contribution is 5.93. The highest BCUT2D eigenvalue weighted by Crippen LogP contribution is 2.07. The Kier molecular flexibility index (Phi) is 2.86. The summed E-state index contributed by atoms with van der Waals surface area (Å²) < 4.78 is 6.22. The zero-order valence-corrected chi connectivity index (χ0v) is 9.51. The minimum atomic E-state index is -0.498. The lowest BCUT2D eigenvalue weighted by Gasteiger charge is -1.96. The van der Waals surface area contributed by atoms with Crippen molar-refractivity contribution in [2.45, 2.75) is 13.8 Å². The zero-order chi connectivity index (χ0) is 12.4. The number of hydrogen-bond donors (Lipinski definition) is 0. The van der Waals surface area contributed by atoms with E-state index in [2.05, 4.69) is 10.1 Å². The molecule has 6 nitrogen and oxygen atoms in total. The van der Waals surface area contributed by atoms with Gasteiger partial charge in [0, 0.05) is 18.5 Å². The Balaban J connectivity index is 2.43. The second-order valence-corrected chi connectivity index (χ2v) is 3.45. The molecule has 0 saturated heterocycles. The molecule has 0 aliphatic heterocycles.